The maximum Gasteiger partial charge on any atom is 0.125 e. The summed E-state index contributed by atoms with van der Waals surface area (Å²) in [5.74, 6) is 0.903. The Hall–Kier alpha value is -1.06. The minimum atomic E-state index is -0.0147. The van der Waals surface area contributed by atoms with Crippen molar-refractivity contribution >= 4 is 0 Å². The summed E-state index contributed by atoms with van der Waals surface area (Å²) in [4.78, 5) is 0. The smallest absolute Gasteiger partial charge is 0.125 e. The number of nitrogens with two attached hydrogens (primary N) is 1. The second-order valence-electron chi connectivity index (χ2n) is 3.38. The quantitative estimate of drug-likeness (QED) is 0.776. The van der Waals surface area contributed by atoms with E-state index in [9.17, 15) is 0 Å². The van der Waals surface area contributed by atoms with Crippen LogP contribution in [0.5, 0.6) is 5.75 Å². The zero-order valence-electron chi connectivity index (χ0n) is 8.32. The topological polar surface area (TPSA) is 44.5 Å². The third kappa shape index (κ3) is 1.61. The van der Waals surface area contributed by atoms with Gasteiger partial charge in [-0.1, -0.05) is 12.1 Å². The van der Waals surface area contributed by atoms with Crippen molar-refractivity contribution in [2.24, 2.45) is 5.73 Å². The predicted octanol–water partition coefficient (Wildman–Crippen LogP) is 1.62. The van der Waals surface area contributed by atoms with E-state index >= 15 is 0 Å². The molecular formula is C11H15NO2. The lowest BCUT2D eigenvalue weighted by atomic mass is 9.99. The van der Waals surface area contributed by atoms with E-state index in [-0.39, 0.29) is 6.04 Å². The number of hydrogen-bond acceptors (Lipinski definition) is 3. The Kier molecular flexibility index (Phi) is 2.70. The van der Waals surface area contributed by atoms with Crippen molar-refractivity contribution in [1.29, 1.82) is 0 Å². The van der Waals surface area contributed by atoms with Crippen molar-refractivity contribution in [2.75, 3.05) is 13.2 Å². The zero-order valence-corrected chi connectivity index (χ0v) is 8.32. The van der Waals surface area contributed by atoms with Crippen molar-refractivity contribution in [1.82, 2.24) is 0 Å². The van der Waals surface area contributed by atoms with E-state index in [2.05, 4.69) is 0 Å². The molecular weight excluding hydrogens is 178 g/mol. The summed E-state index contributed by atoms with van der Waals surface area (Å²) in [6.45, 7) is 3.86. The van der Waals surface area contributed by atoms with Gasteiger partial charge in [-0.05, 0) is 18.6 Å². The maximum atomic E-state index is 5.93. The van der Waals surface area contributed by atoms with Crippen LogP contribution in [0.4, 0.5) is 0 Å². The zero-order chi connectivity index (χ0) is 9.97. The Bertz CT molecular complexity index is 325. The van der Waals surface area contributed by atoms with Crippen LogP contribution < -0.4 is 10.5 Å². The normalized spacial score (nSPS) is 20.3. The van der Waals surface area contributed by atoms with Crippen molar-refractivity contribution in [2.45, 2.75) is 19.6 Å². The molecule has 0 unspecified atom stereocenters. The Balaban J connectivity index is 2.39. The largest absolute Gasteiger partial charge is 0.493 e. The summed E-state index contributed by atoms with van der Waals surface area (Å²) >= 11 is 0. The van der Waals surface area contributed by atoms with E-state index in [0.29, 0.717) is 19.8 Å². The molecule has 1 aromatic rings. The van der Waals surface area contributed by atoms with Gasteiger partial charge in [0.1, 0.15) is 5.75 Å². The van der Waals surface area contributed by atoms with Crippen LogP contribution in [0.15, 0.2) is 18.2 Å². The van der Waals surface area contributed by atoms with Crippen LogP contribution in [0.3, 0.4) is 0 Å². The lowest BCUT2D eigenvalue weighted by molar-refractivity contribution is 0.0897. The molecule has 0 fully saturated rings. The molecule has 0 amide bonds. The molecule has 0 aromatic heterocycles. The van der Waals surface area contributed by atoms with Crippen LogP contribution >= 0.6 is 0 Å². The first-order chi connectivity index (χ1) is 6.83. The summed E-state index contributed by atoms with van der Waals surface area (Å²) in [5.41, 5.74) is 8.19. The fraction of sp³-hybridized carbons (Fsp3) is 0.455. The van der Waals surface area contributed by atoms with Gasteiger partial charge in [0.2, 0.25) is 0 Å². The molecule has 0 saturated carbocycles. The van der Waals surface area contributed by atoms with Gasteiger partial charge >= 0.3 is 0 Å². The molecule has 3 nitrogen and oxygen atoms in total. The highest BCUT2D eigenvalue weighted by atomic mass is 16.5. The molecule has 3 heteroatoms. The van der Waals surface area contributed by atoms with Gasteiger partial charge in [0.05, 0.1) is 25.9 Å². The number of fused-ring (bicyclic) bond motifs is 1. The Morgan fingerprint density at radius 3 is 3.21 bits per heavy atom. The van der Waals surface area contributed by atoms with Gasteiger partial charge in [0.15, 0.2) is 0 Å². The van der Waals surface area contributed by atoms with Crippen molar-refractivity contribution in [3.63, 3.8) is 0 Å². The summed E-state index contributed by atoms with van der Waals surface area (Å²) in [6.07, 6.45) is 0. The van der Waals surface area contributed by atoms with E-state index < -0.39 is 0 Å². The van der Waals surface area contributed by atoms with Gasteiger partial charge in [-0.2, -0.15) is 0 Å². The van der Waals surface area contributed by atoms with Crippen molar-refractivity contribution < 1.29 is 9.47 Å². The summed E-state index contributed by atoms with van der Waals surface area (Å²) in [5, 5.41) is 0. The third-order valence-electron chi connectivity index (χ3n) is 2.41. The third-order valence-corrected chi connectivity index (χ3v) is 2.41. The molecule has 2 rings (SSSR count). The van der Waals surface area contributed by atoms with Gasteiger partial charge in [-0.15, -0.1) is 0 Å². The van der Waals surface area contributed by atoms with Gasteiger partial charge in [-0.25, -0.2) is 0 Å². The Morgan fingerprint density at radius 2 is 2.43 bits per heavy atom. The minimum Gasteiger partial charge on any atom is -0.493 e. The first-order valence-corrected chi connectivity index (χ1v) is 4.91. The Morgan fingerprint density at radius 1 is 1.57 bits per heavy atom. The van der Waals surface area contributed by atoms with Crippen molar-refractivity contribution in [3.05, 3.63) is 29.3 Å². The molecule has 0 bridgehead atoms. The predicted molar refractivity (Wildman–Crippen MR) is 54.2 cm³/mol. The molecule has 1 aromatic carbocycles. The van der Waals surface area contributed by atoms with Gasteiger partial charge in [-0.3, -0.25) is 0 Å². The second kappa shape index (κ2) is 3.98. The van der Waals surface area contributed by atoms with Crippen LogP contribution in [-0.4, -0.2) is 13.2 Å². The fourth-order valence-electron chi connectivity index (χ4n) is 1.75. The standard InChI is InChI=1S/C11H15NO2/c1-2-14-11-5-3-4-8-9(11)6-13-7-10(8)12/h3-5,10H,2,6-7,12H2,1H3/t10-/m1/s1. The number of hydrogen-bond donors (Lipinski definition) is 1. The molecule has 0 radical (unpaired) electrons. The summed E-state index contributed by atoms with van der Waals surface area (Å²) < 4.78 is 10.9. The fourth-order valence-corrected chi connectivity index (χ4v) is 1.75. The first kappa shape index (κ1) is 9.49. The van der Waals surface area contributed by atoms with E-state index in [0.717, 1.165) is 16.9 Å². The molecule has 1 heterocycles. The highest BCUT2D eigenvalue weighted by Gasteiger charge is 2.19. The lowest BCUT2D eigenvalue weighted by Crippen LogP contribution is -2.24. The Labute approximate surface area is 83.8 Å². The number of rotatable bonds is 2. The SMILES string of the molecule is CCOc1cccc2c1COC[C@H]2N. The van der Waals surface area contributed by atoms with E-state index in [1.54, 1.807) is 0 Å². The molecule has 1 atom stereocenters. The van der Waals surface area contributed by atoms with Crippen molar-refractivity contribution in [3.8, 4) is 5.75 Å². The van der Waals surface area contributed by atoms with Gasteiger partial charge in [0.25, 0.3) is 0 Å². The molecule has 0 spiro atoms. The van der Waals surface area contributed by atoms with E-state index in [1.165, 1.54) is 0 Å². The number of ether oxygens (including phenoxy) is 2. The van der Waals surface area contributed by atoms with Crippen LogP contribution in [0.25, 0.3) is 0 Å². The highest BCUT2D eigenvalue weighted by Crippen LogP contribution is 2.30. The van der Waals surface area contributed by atoms with Crippen LogP contribution in [-0.2, 0) is 11.3 Å². The first-order valence-electron chi connectivity index (χ1n) is 4.91. The van der Waals surface area contributed by atoms with E-state index in [4.69, 9.17) is 15.2 Å². The highest BCUT2D eigenvalue weighted by molar-refractivity contribution is 5.42. The lowest BCUT2D eigenvalue weighted by Gasteiger charge is -2.24. The van der Waals surface area contributed by atoms with Gasteiger partial charge in [0, 0.05) is 5.56 Å². The molecule has 0 aliphatic carbocycles. The maximum absolute atomic E-state index is 5.93. The van der Waals surface area contributed by atoms with Crippen LogP contribution in [0, 0.1) is 0 Å². The molecule has 1 aliphatic heterocycles. The molecule has 1 aliphatic rings. The van der Waals surface area contributed by atoms with Crippen LogP contribution in [0.2, 0.25) is 0 Å². The molecule has 14 heavy (non-hydrogen) atoms. The average Bonchev–Trinajstić information content (AvgIpc) is 2.20. The van der Waals surface area contributed by atoms with Gasteiger partial charge < -0.3 is 15.2 Å². The molecule has 0 saturated heterocycles. The minimum absolute atomic E-state index is 0.0147. The molecule has 2 N–H and O–H groups in total. The average molecular weight is 193 g/mol. The number of benzene rings is 1. The summed E-state index contributed by atoms with van der Waals surface area (Å²) in [6, 6.07) is 5.98. The second-order valence-corrected chi connectivity index (χ2v) is 3.38. The monoisotopic (exact) mass is 193 g/mol. The van der Waals surface area contributed by atoms with Crippen LogP contribution in [0.1, 0.15) is 24.1 Å². The summed E-state index contributed by atoms with van der Waals surface area (Å²) in [7, 11) is 0. The van der Waals surface area contributed by atoms with E-state index in [1.807, 2.05) is 25.1 Å². The molecule has 76 valence electrons.